The highest BCUT2D eigenvalue weighted by Gasteiger charge is 2.26. The summed E-state index contributed by atoms with van der Waals surface area (Å²) in [7, 11) is 3.52. The lowest BCUT2D eigenvalue weighted by atomic mass is 10.0. The van der Waals surface area contributed by atoms with E-state index in [9.17, 15) is 14.4 Å². The van der Waals surface area contributed by atoms with Crippen molar-refractivity contribution in [2.24, 2.45) is 0 Å². The molecule has 0 saturated heterocycles. The summed E-state index contributed by atoms with van der Waals surface area (Å²) in [5, 5.41) is 5.12. The molecule has 0 unspecified atom stereocenters. The number of rotatable bonds is 5. The van der Waals surface area contributed by atoms with E-state index in [0.717, 1.165) is 37.7 Å². The average molecular weight is 400 g/mol. The predicted molar refractivity (Wildman–Crippen MR) is 111 cm³/mol. The molecular weight excluding hydrogens is 374 g/mol. The van der Waals surface area contributed by atoms with Crippen LogP contribution in [-0.2, 0) is 12.8 Å². The number of nitrogens with zero attached hydrogens (tertiary/aromatic N) is 1. The number of fused-ring (bicyclic) bond motifs is 1. The molecule has 0 aliphatic heterocycles. The molecule has 6 nitrogen and oxygen atoms in total. The Morgan fingerprint density at radius 3 is 2.21 bits per heavy atom. The molecule has 28 heavy (non-hydrogen) atoms. The number of amides is 2. The zero-order chi connectivity index (χ0) is 20.3. The van der Waals surface area contributed by atoms with Crippen molar-refractivity contribution in [3.63, 3.8) is 0 Å². The molecule has 2 N–H and O–H groups in total. The van der Waals surface area contributed by atoms with E-state index < -0.39 is 0 Å². The number of hydrogen-bond donors (Lipinski definition) is 2. The van der Waals surface area contributed by atoms with Crippen LogP contribution in [0.25, 0.3) is 0 Å². The van der Waals surface area contributed by atoms with E-state index in [2.05, 4.69) is 10.7 Å². The maximum atomic E-state index is 12.8. The van der Waals surface area contributed by atoms with Crippen molar-refractivity contribution < 1.29 is 14.4 Å². The Morgan fingerprint density at radius 2 is 1.57 bits per heavy atom. The molecule has 1 aromatic carbocycles. The highest BCUT2D eigenvalue weighted by atomic mass is 32.1. The van der Waals surface area contributed by atoms with Gasteiger partial charge in [-0.2, -0.15) is 0 Å². The molecule has 0 radical (unpaired) electrons. The lowest BCUT2D eigenvalue weighted by Crippen LogP contribution is -2.36. The zero-order valence-electron chi connectivity index (χ0n) is 16.4. The standard InChI is InChI=1S/C21H25N3O3S/c1-13(25)14-9-11-15(12-10-14)19(26)22-21-18(20(27)23-24(2)3)16-7-5-4-6-8-17(16)28-21/h9-12H,4-8H2,1-3H3,(H,22,26)(H,23,27). The maximum Gasteiger partial charge on any atom is 0.268 e. The van der Waals surface area contributed by atoms with E-state index in [1.807, 2.05) is 0 Å². The van der Waals surface area contributed by atoms with Crippen LogP contribution in [-0.4, -0.2) is 36.7 Å². The quantitative estimate of drug-likeness (QED) is 0.457. The van der Waals surface area contributed by atoms with Crippen LogP contribution >= 0.6 is 11.3 Å². The van der Waals surface area contributed by atoms with Crippen LogP contribution in [0.15, 0.2) is 24.3 Å². The van der Waals surface area contributed by atoms with Gasteiger partial charge in [0.2, 0.25) is 0 Å². The van der Waals surface area contributed by atoms with Gasteiger partial charge in [-0.3, -0.25) is 19.8 Å². The van der Waals surface area contributed by atoms with Crippen molar-refractivity contribution in [2.45, 2.75) is 39.0 Å². The number of aryl methyl sites for hydroxylation is 1. The summed E-state index contributed by atoms with van der Waals surface area (Å²) in [6.07, 6.45) is 5.09. The number of benzene rings is 1. The predicted octanol–water partition coefficient (Wildman–Crippen LogP) is 3.68. The minimum atomic E-state index is -0.287. The summed E-state index contributed by atoms with van der Waals surface area (Å²) in [6, 6.07) is 6.54. The lowest BCUT2D eigenvalue weighted by Gasteiger charge is -2.14. The van der Waals surface area contributed by atoms with Crippen molar-refractivity contribution in [1.29, 1.82) is 0 Å². The van der Waals surface area contributed by atoms with Crippen molar-refractivity contribution in [3.8, 4) is 0 Å². The van der Waals surface area contributed by atoms with Crippen LogP contribution in [0.3, 0.4) is 0 Å². The summed E-state index contributed by atoms with van der Waals surface area (Å²) in [6.45, 7) is 1.49. The highest BCUT2D eigenvalue weighted by molar-refractivity contribution is 7.17. The van der Waals surface area contributed by atoms with Crippen LogP contribution in [0.4, 0.5) is 5.00 Å². The van der Waals surface area contributed by atoms with Gasteiger partial charge in [-0.05, 0) is 50.3 Å². The number of ketones is 1. The molecule has 0 atom stereocenters. The molecule has 7 heteroatoms. The molecule has 1 aliphatic rings. The molecule has 1 heterocycles. The third kappa shape index (κ3) is 4.48. The first-order valence-electron chi connectivity index (χ1n) is 9.42. The van der Waals surface area contributed by atoms with Crippen LogP contribution in [0.2, 0.25) is 0 Å². The minimum absolute atomic E-state index is 0.0448. The second kappa shape index (κ2) is 8.67. The van der Waals surface area contributed by atoms with E-state index in [1.165, 1.54) is 23.1 Å². The Balaban J connectivity index is 1.90. The number of nitrogens with one attached hydrogen (secondary N) is 2. The third-order valence-electron chi connectivity index (χ3n) is 4.75. The van der Waals surface area contributed by atoms with Gasteiger partial charge in [-0.25, -0.2) is 5.01 Å². The van der Waals surface area contributed by atoms with Crippen molar-refractivity contribution in [3.05, 3.63) is 51.4 Å². The normalized spacial score (nSPS) is 13.6. The van der Waals surface area contributed by atoms with Crippen LogP contribution in [0.5, 0.6) is 0 Å². The molecule has 1 aromatic heterocycles. The Hall–Kier alpha value is -2.51. The van der Waals surface area contributed by atoms with Gasteiger partial charge in [0.25, 0.3) is 11.8 Å². The minimum Gasteiger partial charge on any atom is -0.313 e. The van der Waals surface area contributed by atoms with Gasteiger partial charge >= 0.3 is 0 Å². The summed E-state index contributed by atoms with van der Waals surface area (Å²) in [4.78, 5) is 38.2. The number of hydrogen-bond acceptors (Lipinski definition) is 5. The molecule has 0 fully saturated rings. The number of anilines is 1. The molecule has 2 amide bonds. The van der Waals surface area contributed by atoms with Crippen molar-refractivity contribution >= 4 is 33.9 Å². The molecule has 148 valence electrons. The SMILES string of the molecule is CC(=O)c1ccc(C(=O)Nc2sc3c(c2C(=O)NN(C)C)CCCCC3)cc1. The van der Waals surface area contributed by atoms with Crippen LogP contribution in [0.1, 0.15) is 67.7 Å². The summed E-state index contributed by atoms with van der Waals surface area (Å²) in [5.74, 6) is -0.534. The second-order valence-electron chi connectivity index (χ2n) is 7.19. The average Bonchev–Trinajstić information content (AvgIpc) is 2.81. The van der Waals surface area contributed by atoms with Gasteiger partial charge in [0.05, 0.1) is 5.56 Å². The Morgan fingerprint density at radius 1 is 0.929 bits per heavy atom. The fourth-order valence-corrected chi connectivity index (χ4v) is 4.64. The number of carbonyl (C=O) groups is 3. The Labute approximate surface area is 168 Å². The van der Waals surface area contributed by atoms with Crippen molar-refractivity contribution in [2.75, 3.05) is 19.4 Å². The molecular formula is C21H25N3O3S. The Bertz CT molecular complexity index is 900. The largest absolute Gasteiger partial charge is 0.313 e. The van der Waals surface area contributed by atoms with Gasteiger partial charge < -0.3 is 5.32 Å². The first-order valence-corrected chi connectivity index (χ1v) is 10.2. The molecule has 0 bridgehead atoms. The van der Waals surface area contributed by atoms with Gasteiger partial charge in [0.15, 0.2) is 5.78 Å². The number of Topliss-reactive ketones (excluding diaryl/α,β-unsaturated/α-hetero) is 1. The highest BCUT2D eigenvalue weighted by Crippen LogP contribution is 2.37. The summed E-state index contributed by atoms with van der Waals surface area (Å²) >= 11 is 1.50. The molecule has 2 aromatic rings. The second-order valence-corrected chi connectivity index (χ2v) is 8.30. The van der Waals surface area contributed by atoms with Crippen molar-refractivity contribution in [1.82, 2.24) is 10.4 Å². The number of hydrazine groups is 1. The van der Waals surface area contributed by atoms with Gasteiger partial charge in [-0.1, -0.05) is 18.6 Å². The summed E-state index contributed by atoms with van der Waals surface area (Å²) < 4.78 is 0. The monoisotopic (exact) mass is 399 g/mol. The van der Waals surface area contributed by atoms with Gasteiger partial charge in [0, 0.05) is 30.1 Å². The first kappa shape index (κ1) is 20.2. The van der Waals surface area contributed by atoms with Crippen LogP contribution < -0.4 is 10.7 Å². The van der Waals surface area contributed by atoms with Gasteiger partial charge in [0.1, 0.15) is 5.00 Å². The zero-order valence-corrected chi connectivity index (χ0v) is 17.2. The fourth-order valence-electron chi connectivity index (χ4n) is 3.36. The molecule has 0 spiro atoms. The van der Waals surface area contributed by atoms with E-state index in [-0.39, 0.29) is 17.6 Å². The number of carbonyl (C=O) groups excluding carboxylic acids is 3. The smallest absolute Gasteiger partial charge is 0.268 e. The summed E-state index contributed by atoms with van der Waals surface area (Å²) in [5.41, 5.74) is 5.45. The molecule has 3 rings (SSSR count). The first-order chi connectivity index (χ1) is 13.4. The third-order valence-corrected chi connectivity index (χ3v) is 5.96. The Kier molecular flexibility index (Phi) is 6.26. The number of thiophene rings is 1. The fraction of sp³-hybridized carbons (Fsp3) is 0.381. The topological polar surface area (TPSA) is 78.5 Å². The van der Waals surface area contributed by atoms with Gasteiger partial charge in [-0.15, -0.1) is 11.3 Å². The van der Waals surface area contributed by atoms with Crippen LogP contribution in [0, 0.1) is 0 Å². The van der Waals surface area contributed by atoms with E-state index in [0.29, 0.717) is 21.7 Å². The molecule has 0 saturated carbocycles. The van der Waals surface area contributed by atoms with E-state index in [4.69, 9.17) is 0 Å². The van der Waals surface area contributed by atoms with E-state index in [1.54, 1.807) is 43.4 Å². The van der Waals surface area contributed by atoms with E-state index >= 15 is 0 Å². The maximum absolute atomic E-state index is 12.8. The molecule has 1 aliphatic carbocycles. The lowest BCUT2D eigenvalue weighted by molar-refractivity contribution is 0.0857.